The summed E-state index contributed by atoms with van der Waals surface area (Å²) in [6, 6.07) is 1.12. The Morgan fingerprint density at radius 3 is 2.46 bits per heavy atom. The maximum absolute atomic E-state index is 14.7. The van der Waals surface area contributed by atoms with E-state index in [4.69, 9.17) is 11.6 Å². The number of fused-ring (bicyclic) bond motifs is 1. The van der Waals surface area contributed by atoms with Crippen LogP contribution in [0, 0.1) is 17.6 Å². The SMILES string of the molecule is CC(C)C(=O)c1c(C(C)C)nc2c(F)cc(-c3nc(Cl)ncc3F)cn12. The molecule has 0 aliphatic heterocycles. The van der Waals surface area contributed by atoms with E-state index >= 15 is 0 Å². The number of carbonyl (C=O) groups is 1. The quantitative estimate of drug-likeness (QED) is 0.488. The Balaban J connectivity index is 2.35. The van der Waals surface area contributed by atoms with Gasteiger partial charge in [0.1, 0.15) is 11.4 Å². The number of imidazole rings is 1. The molecule has 0 fully saturated rings. The second kappa shape index (κ2) is 6.72. The molecule has 8 heteroatoms. The summed E-state index contributed by atoms with van der Waals surface area (Å²) in [6.45, 7) is 7.27. The molecule has 0 unspecified atom stereocenters. The van der Waals surface area contributed by atoms with Gasteiger partial charge in [-0.05, 0) is 23.6 Å². The fourth-order valence-electron chi connectivity index (χ4n) is 2.72. The first-order valence-corrected chi connectivity index (χ1v) is 8.52. The van der Waals surface area contributed by atoms with Crippen LogP contribution in [-0.4, -0.2) is 25.1 Å². The van der Waals surface area contributed by atoms with Crippen LogP contribution in [0.1, 0.15) is 49.8 Å². The zero-order valence-corrected chi connectivity index (χ0v) is 15.5. The van der Waals surface area contributed by atoms with E-state index in [1.807, 2.05) is 13.8 Å². The molecule has 0 radical (unpaired) electrons. The highest BCUT2D eigenvalue weighted by atomic mass is 35.5. The topological polar surface area (TPSA) is 60.2 Å². The van der Waals surface area contributed by atoms with Crippen molar-refractivity contribution in [3.05, 3.63) is 46.8 Å². The normalized spacial score (nSPS) is 11.7. The van der Waals surface area contributed by atoms with Crippen molar-refractivity contribution in [2.75, 3.05) is 0 Å². The fourth-order valence-corrected chi connectivity index (χ4v) is 2.85. The Labute approximate surface area is 154 Å². The van der Waals surface area contributed by atoms with Crippen molar-refractivity contribution in [1.82, 2.24) is 19.4 Å². The van der Waals surface area contributed by atoms with Crippen LogP contribution in [0.3, 0.4) is 0 Å². The van der Waals surface area contributed by atoms with Crippen LogP contribution < -0.4 is 0 Å². The number of hydrogen-bond donors (Lipinski definition) is 0. The standard InChI is InChI=1S/C18H17ClF2N4O/c1-8(2)13-15(16(26)9(3)4)25-7-10(5-11(20)17(25)23-13)14-12(21)6-22-18(19)24-14/h5-9H,1-4H3. The van der Waals surface area contributed by atoms with Crippen LogP contribution in [0.15, 0.2) is 18.5 Å². The zero-order chi connectivity index (χ0) is 19.2. The first-order chi connectivity index (χ1) is 12.2. The Kier molecular flexibility index (Phi) is 4.75. The Hall–Kier alpha value is -2.41. The molecule has 0 amide bonds. The molecule has 3 rings (SSSR count). The van der Waals surface area contributed by atoms with Crippen molar-refractivity contribution >= 4 is 23.0 Å². The first-order valence-electron chi connectivity index (χ1n) is 8.14. The Morgan fingerprint density at radius 2 is 1.85 bits per heavy atom. The molecule has 3 aromatic rings. The van der Waals surface area contributed by atoms with Gasteiger partial charge in [-0.15, -0.1) is 0 Å². The molecule has 5 nitrogen and oxygen atoms in total. The van der Waals surface area contributed by atoms with Gasteiger partial charge in [-0.3, -0.25) is 9.20 Å². The molecule has 0 aromatic carbocycles. The van der Waals surface area contributed by atoms with Gasteiger partial charge in [0.25, 0.3) is 0 Å². The van der Waals surface area contributed by atoms with Gasteiger partial charge in [0.2, 0.25) is 5.28 Å². The third-order valence-electron chi connectivity index (χ3n) is 3.99. The number of ketones is 1. The number of carbonyl (C=O) groups excluding carboxylic acids is 1. The number of hydrogen-bond acceptors (Lipinski definition) is 4. The van der Waals surface area contributed by atoms with Gasteiger partial charge in [-0.1, -0.05) is 27.7 Å². The highest BCUT2D eigenvalue weighted by Gasteiger charge is 2.25. The van der Waals surface area contributed by atoms with Crippen LogP contribution in [0.25, 0.3) is 16.9 Å². The molecule has 0 bridgehead atoms. The minimum absolute atomic E-state index is 0.0158. The van der Waals surface area contributed by atoms with Crippen LogP contribution in [-0.2, 0) is 0 Å². The van der Waals surface area contributed by atoms with E-state index in [-0.39, 0.29) is 39.8 Å². The third-order valence-corrected chi connectivity index (χ3v) is 4.18. The van der Waals surface area contributed by atoms with Crippen LogP contribution in [0.4, 0.5) is 8.78 Å². The molecule has 0 N–H and O–H groups in total. The average molecular weight is 379 g/mol. The van der Waals surface area contributed by atoms with Crippen LogP contribution in [0.2, 0.25) is 5.28 Å². The summed E-state index contributed by atoms with van der Waals surface area (Å²) in [6.07, 6.45) is 2.37. The highest BCUT2D eigenvalue weighted by Crippen LogP contribution is 2.29. The highest BCUT2D eigenvalue weighted by molar-refractivity contribution is 6.28. The molecule has 26 heavy (non-hydrogen) atoms. The van der Waals surface area contributed by atoms with Gasteiger partial charge in [0.05, 0.1) is 11.9 Å². The number of aromatic nitrogens is 4. The molecule has 0 aliphatic carbocycles. The minimum atomic E-state index is -0.742. The lowest BCUT2D eigenvalue weighted by Crippen LogP contribution is -2.14. The van der Waals surface area contributed by atoms with Gasteiger partial charge in [0, 0.05) is 17.7 Å². The van der Waals surface area contributed by atoms with Crippen molar-refractivity contribution in [3.8, 4) is 11.3 Å². The number of nitrogens with zero attached hydrogens (tertiary/aromatic N) is 4. The smallest absolute Gasteiger partial charge is 0.223 e. The Morgan fingerprint density at radius 1 is 1.15 bits per heavy atom. The van der Waals surface area contributed by atoms with Gasteiger partial charge in [0.15, 0.2) is 23.1 Å². The lowest BCUT2D eigenvalue weighted by atomic mass is 10.00. The molecular weight excluding hydrogens is 362 g/mol. The van der Waals surface area contributed by atoms with E-state index in [9.17, 15) is 13.6 Å². The second-order valence-corrected chi connectivity index (χ2v) is 6.96. The number of Topliss-reactive ketones (excluding diaryl/α,β-unsaturated/α-hetero) is 1. The van der Waals surface area contributed by atoms with Gasteiger partial charge >= 0.3 is 0 Å². The third kappa shape index (κ3) is 3.07. The summed E-state index contributed by atoms with van der Waals surface area (Å²) in [5.74, 6) is -1.97. The number of pyridine rings is 1. The summed E-state index contributed by atoms with van der Waals surface area (Å²) in [5, 5.41) is -0.158. The lowest BCUT2D eigenvalue weighted by molar-refractivity contribution is 0.0932. The van der Waals surface area contributed by atoms with Gasteiger partial charge in [-0.25, -0.2) is 23.7 Å². The van der Waals surface area contributed by atoms with Crippen LogP contribution in [0.5, 0.6) is 0 Å². The van der Waals surface area contributed by atoms with Crippen LogP contribution >= 0.6 is 11.6 Å². The zero-order valence-electron chi connectivity index (χ0n) is 14.7. The molecule has 0 saturated carbocycles. The minimum Gasteiger partial charge on any atom is -0.294 e. The number of halogens is 3. The first kappa shape index (κ1) is 18.4. The van der Waals surface area contributed by atoms with Gasteiger partial charge < -0.3 is 0 Å². The molecule has 0 saturated heterocycles. The maximum atomic E-state index is 14.7. The molecule has 3 aromatic heterocycles. The monoisotopic (exact) mass is 378 g/mol. The van der Waals surface area contributed by atoms with E-state index in [0.29, 0.717) is 11.4 Å². The average Bonchev–Trinajstić information content (AvgIpc) is 2.96. The van der Waals surface area contributed by atoms with Crippen molar-refractivity contribution in [2.24, 2.45) is 5.92 Å². The van der Waals surface area contributed by atoms with E-state index in [0.717, 1.165) is 12.3 Å². The largest absolute Gasteiger partial charge is 0.294 e. The van der Waals surface area contributed by atoms with E-state index in [1.165, 1.54) is 10.6 Å². The molecular formula is C18H17ClF2N4O. The van der Waals surface area contributed by atoms with Crippen molar-refractivity contribution in [2.45, 2.75) is 33.6 Å². The molecule has 0 atom stereocenters. The summed E-state index contributed by atoms with van der Waals surface area (Å²) in [4.78, 5) is 24.4. The van der Waals surface area contributed by atoms with Crippen molar-refractivity contribution in [1.29, 1.82) is 0 Å². The van der Waals surface area contributed by atoms with Crippen molar-refractivity contribution < 1.29 is 13.6 Å². The van der Waals surface area contributed by atoms with E-state index in [2.05, 4.69) is 15.0 Å². The predicted octanol–water partition coefficient (Wildman–Crippen LogP) is 4.69. The summed E-state index contributed by atoms with van der Waals surface area (Å²) >= 11 is 5.74. The number of rotatable bonds is 4. The maximum Gasteiger partial charge on any atom is 0.223 e. The van der Waals surface area contributed by atoms with E-state index < -0.39 is 11.6 Å². The summed E-state index contributed by atoms with van der Waals surface area (Å²) in [5.41, 5.74) is 0.810. The van der Waals surface area contributed by atoms with Crippen molar-refractivity contribution in [3.63, 3.8) is 0 Å². The second-order valence-electron chi connectivity index (χ2n) is 6.63. The Bertz CT molecular complexity index is 1010. The molecule has 3 heterocycles. The molecule has 136 valence electrons. The fraction of sp³-hybridized carbons (Fsp3) is 0.333. The summed E-state index contributed by atoms with van der Waals surface area (Å²) < 4.78 is 30.2. The lowest BCUT2D eigenvalue weighted by Gasteiger charge is -2.10. The molecule has 0 spiro atoms. The molecule has 0 aliphatic rings. The van der Waals surface area contributed by atoms with E-state index in [1.54, 1.807) is 13.8 Å². The predicted molar refractivity (Wildman–Crippen MR) is 94.4 cm³/mol. The summed E-state index contributed by atoms with van der Waals surface area (Å²) in [7, 11) is 0. The van der Waals surface area contributed by atoms with Gasteiger partial charge in [-0.2, -0.15) is 0 Å².